The predicted molar refractivity (Wildman–Crippen MR) is 61.1 cm³/mol. The second-order valence-electron chi connectivity index (χ2n) is 3.21. The number of hydrogen-bond acceptors (Lipinski definition) is 4. The molecule has 90 valence electrons. The maximum absolute atomic E-state index is 10.9. The summed E-state index contributed by atoms with van der Waals surface area (Å²) in [6, 6.07) is 3.87. The molecule has 6 N–H and O–H groups in total. The Morgan fingerprint density at radius 3 is 2.47 bits per heavy atom. The van der Waals surface area contributed by atoms with Crippen LogP contribution in [0.5, 0.6) is 0 Å². The van der Waals surface area contributed by atoms with Gasteiger partial charge in [-0.3, -0.25) is 14.9 Å². The van der Waals surface area contributed by atoms with Crippen molar-refractivity contribution >= 4 is 17.6 Å². The molecule has 0 saturated heterocycles. The standard InChI is InChI=1S/C9H11N5O3/c10-8(15)5-1-2-6(4-13-9(11)12)7(3-5)14(16)17/h1-3H,4H2,(H2,10,15)(H4,11,12,13). The zero-order valence-electron chi connectivity index (χ0n) is 8.79. The highest BCUT2D eigenvalue weighted by Gasteiger charge is 2.15. The van der Waals surface area contributed by atoms with Gasteiger partial charge in [-0.05, 0) is 12.1 Å². The Labute approximate surface area is 96.3 Å². The number of nitro groups is 1. The molecule has 17 heavy (non-hydrogen) atoms. The van der Waals surface area contributed by atoms with Crippen LogP contribution in [-0.2, 0) is 6.54 Å². The van der Waals surface area contributed by atoms with Gasteiger partial charge < -0.3 is 17.2 Å². The van der Waals surface area contributed by atoms with Crippen molar-refractivity contribution in [2.24, 2.45) is 22.2 Å². The second kappa shape index (κ2) is 4.92. The Kier molecular flexibility index (Phi) is 3.60. The van der Waals surface area contributed by atoms with Crippen LogP contribution in [0.4, 0.5) is 5.69 Å². The summed E-state index contributed by atoms with van der Waals surface area (Å²) in [5.41, 5.74) is 15.4. The normalized spacial score (nSPS) is 9.65. The molecule has 8 heteroatoms. The van der Waals surface area contributed by atoms with Gasteiger partial charge in [-0.2, -0.15) is 0 Å². The summed E-state index contributed by atoms with van der Waals surface area (Å²) in [5, 5.41) is 10.8. The third-order valence-corrected chi connectivity index (χ3v) is 2.00. The van der Waals surface area contributed by atoms with E-state index in [2.05, 4.69) is 4.99 Å². The van der Waals surface area contributed by atoms with Crippen molar-refractivity contribution in [1.82, 2.24) is 0 Å². The smallest absolute Gasteiger partial charge is 0.275 e. The molecule has 8 nitrogen and oxygen atoms in total. The number of carbonyl (C=O) groups is 1. The van der Waals surface area contributed by atoms with E-state index in [9.17, 15) is 14.9 Å². The van der Waals surface area contributed by atoms with E-state index < -0.39 is 10.8 Å². The lowest BCUT2D eigenvalue weighted by Crippen LogP contribution is -2.22. The van der Waals surface area contributed by atoms with Crippen molar-refractivity contribution < 1.29 is 9.72 Å². The van der Waals surface area contributed by atoms with E-state index in [1.165, 1.54) is 12.1 Å². The molecule has 0 fully saturated rings. The van der Waals surface area contributed by atoms with Crippen molar-refractivity contribution in [3.05, 3.63) is 39.4 Å². The first-order valence-corrected chi connectivity index (χ1v) is 4.54. The first-order valence-electron chi connectivity index (χ1n) is 4.54. The molecular weight excluding hydrogens is 226 g/mol. The molecule has 0 aromatic heterocycles. The first-order chi connectivity index (χ1) is 7.91. The number of carbonyl (C=O) groups excluding carboxylic acids is 1. The summed E-state index contributed by atoms with van der Waals surface area (Å²) in [4.78, 5) is 24.7. The van der Waals surface area contributed by atoms with E-state index in [-0.39, 0.29) is 23.8 Å². The third kappa shape index (κ3) is 3.16. The number of hydrogen-bond donors (Lipinski definition) is 3. The van der Waals surface area contributed by atoms with E-state index in [0.29, 0.717) is 5.56 Å². The zero-order valence-corrected chi connectivity index (χ0v) is 8.79. The number of nitro benzene ring substituents is 1. The van der Waals surface area contributed by atoms with Gasteiger partial charge in [0, 0.05) is 11.6 Å². The van der Waals surface area contributed by atoms with Crippen LogP contribution in [0.15, 0.2) is 23.2 Å². The number of primary amides is 1. The van der Waals surface area contributed by atoms with Crippen molar-refractivity contribution in [3.8, 4) is 0 Å². The summed E-state index contributed by atoms with van der Waals surface area (Å²) in [6.45, 7) is -0.0301. The van der Waals surface area contributed by atoms with Crippen molar-refractivity contribution in [2.75, 3.05) is 0 Å². The van der Waals surface area contributed by atoms with Crippen LogP contribution < -0.4 is 17.2 Å². The number of rotatable bonds is 4. The number of benzene rings is 1. The number of nitrogens with two attached hydrogens (primary N) is 3. The molecule has 0 saturated carbocycles. The van der Waals surface area contributed by atoms with Crippen LogP contribution >= 0.6 is 0 Å². The fourth-order valence-corrected chi connectivity index (χ4v) is 1.20. The lowest BCUT2D eigenvalue weighted by atomic mass is 10.1. The maximum atomic E-state index is 10.9. The molecule has 0 heterocycles. The van der Waals surface area contributed by atoms with Gasteiger partial charge >= 0.3 is 0 Å². The molecule has 0 aliphatic heterocycles. The van der Waals surface area contributed by atoms with Gasteiger partial charge in [-0.15, -0.1) is 0 Å². The van der Waals surface area contributed by atoms with E-state index >= 15 is 0 Å². The molecule has 1 aromatic carbocycles. The van der Waals surface area contributed by atoms with E-state index in [1.54, 1.807) is 0 Å². The van der Waals surface area contributed by atoms with Crippen LogP contribution in [0.2, 0.25) is 0 Å². The molecule has 1 aromatic rings. The maximum Gasteiger partial charge on any atom is 0.275 e. The highest BCUT2D eigenvalue weighted by molar-refractivity contribution is 5.93. The zero-order chi connectivity index (χ0) is 13.0. The van der Waals surface area contributed by atoms with Gasteiger partial charge in [-0.25, -0.2) is 4.99 Å². The van der Waals surface area contributed by atoms with Gasteiger partial charge in [0.1, 0.15) is 0 Å². The van der Waals surface area contributed by atoms with Crippen molar-refractivity contribution in [3.63, 3.8) is 0 Å². The quantitative estimate of drug-likeness (QED) is 0.278. The minimum atomic E-state index is -0.735. The highest BCUT2D eigenvalue weighted by Crippen LogP contribution is 2.21. The lowest BCUT2D eigenvalue weighted by Gasteiger charge is -2.02. The van der Waals surface area contributed by atoms with Gasteiger partial charge in [-0.1, -0.05) is 0 Å². The lowest BCUT2D eigenvalue weighted by molar-refractivity contribution is -0.385. The fourth-order valence-electron chi connectivity index (χ4n) is 1.20. The van der Waals surface area contributed by atoms with Crippen LogP contribution in [0.3, 0.4) is 0 Å². The Hall–Kier alpha value is -2.64. The molecule has 0 aliphatic rings. The molecule has 0 unspecified atom stereocenters. The van der Waals surface area contributed by atoms with Gasteiger partial charge in [0.2, 0.25) is 5.91 Å². The monoisotopic (exact) mass is 237 g/mol. The predicted octanol–water partition coefficient (Wildman–Crippen LogP) is -0.533. The van der Waals surface area contributed by atoms with Crippen LogP contribution in [-0.4, -0.2) is 16.8 Å². The van der Waals surface area contributed by atoms with Crippen LogP contribution in [0.25, 0.3) is 0 Å². The second-order valence-corrected chi connectivity index (χ2v) is 3.21. The number of amides is 1. The Balaban J connectivity index is 3.18. The van der Waals surface area contributed by atoms with Gasteiger partial charge in [0.05, 0.1) is 17.0 Å². The van der Waals surface area contributed by atoms with Gasteiger partial charge in [0.25, 0.3) is 5.69 Å². The minimum absolute atomic E-state index is 0.0301. The van der Waals surface area contributed by atoms with Gasteiger partial charge in [0.15, 0.2) is 5.96 Å². The summed E-state index contributed by atoms with van der Waals surface area (Å²) < 4.78 is 0. The van der Waals surface area contributed by atoms with Crippen molar-refractivity contribution in [2.45, 2.75) is 6.54 Å². The number of nitrogens with zero attached hydrogens (tertiary/aromatic N) is 2. The number of aliphatic imine (C=N–C) groups is 1. The summed E-state index contributed by atoms with van der Waals surface area (Å²) >= 11 is 0. The number of guanidine groups is 1. The highest BCUT2D eigenvalue weighted by atomic mass is 16.6. The minimum Gasteiger partial charge on any atom is -0.370 e. The summed E-state index contributed by atoms with van der Waals surface area (Å²) in [5.74, 6) is -0.903. The average molecular weight is 237 g/mol. The largest absolute Gasteiger partial charge is 0.370 e. The molecule has 0 radical (unpaired) electrons. The topological polar surface area (TPSA) is 151 Å². The van der Waals surface area contributed by atoms with Crippen molar-refractivity contribution in [1.29, 1.82) is 0 Å². The Morgan fingerprint density at radius 1 is 1.35 bits per heavy atom. The first kappa shape index (κ1) is 12.4. The Bertz CT molecular complexity index is 493. The molecule has 0 spiro atoms. The molecule has 1 amide bonds. The summed E-state index contributed by atoms with van der Waals surface area (Å²) in [6.07, 6.45) is 0. The Morgan fingerprint density at radius 2 is 2.00 bits per heavy atom. The van der Waals surface area contributed by atoms with Crippen LogP contribution in [0, 0.1) is 10.1 Å². The summed E-state index contributed by atoms with van der Waals surface area (Å²) in [7, 11) is 0. The average Bonchev–Trinajstić information content (AvgIpc) is 2.25. The molecule has 0 bridgehead atoms. The fraction of sp³-hybridized carbons (Fsp3) is 0.111. The van der Waals surface area contributed by atoms with E-state index in [4.69, 9.17) is 17.2 Å². The molecule has 1 rings (SSSR count). The third-order valence-electron chi connectivity index (χ3n) is 2.00. The molecule has 0 aliphatic carbocycles. The SMILES string of the molecule is NC(=O)c1ccc(CN=C(N)N)c([N+](=O)[O-])c1. The van der Waals surface area contributed by atoms with Crippen LogP contribution in [0.1, 0.15) is 15.9 Å². The molecule has 0 atom stereocenters. The van der Waals surface area contributed by atoms with E-state index in [1.807, 2.05) is 0 Å². The molecular formula is C9H11N5O3. The van der Waals surface area contributed by atoms with E-state index in [0.717, 1.165) is 6.07 Å².